The molecule has 3 aliphatic rings. The normalized spacial score (nSPS) is 21.0. The topological polar surface area (TPSA) is 54.0 Å². The van der Waals surface area contributed by atoms with Crippen molar-refractivity contribution in [3.63, 3.8) is 0 Å². The Bertz CT molecular complexity index is 2040. The Morgan fingerprint density at radius 2 is 0.839 bits per heavy atom. The third-order valence-electron chi connectivity index (χ3n) is 11.3. The van der Waals surface area contributed by atoms with Gasteiger partial charge in [0, 0.05) is 39.0 Å². The van der Waals surface area contributed by atoms with Crippen LogP contribution in [0, 0.1) is 13.8 Å². The van der Waals surface area contributed by atoms with E-state index >= 15 is 0 Å². The third-order valence-corrected chi connectivity index (χ3v) is 11.3. The minimum Gasteiger partial charge on any atom is -0.655 e. The summed E-state index contributed by atoms with van der Waals surface area (Å²) in [4.78, 5) is 10.0. The van der Waals surface area contributed by atoms with Gasteiger partial charge < -0.3 is 10.6 Å². The first-order valence-corrected chi connectivity index (χ1v) is 19.6. The maximum absolute atomic E-state index is 5.49. The molecule has 0 amide bonds. The van der Waals surface area contributed by atoms with Crippen LogP contribution in [0.3, 0.4) is 0 Å². The van der Waals surface area contributed by atoms with E-state index in [1.54, 1.807) is 0 Å². The van der Waals surface area contributed by atoms with Crippen molar-refractivity contribution in [2.24, 2.45) is 0 Å². The predicted octanol–water partition coefficient (Wildman–Crippen LogP) is 12.2. The van der Waals surface area contributed by atoms with Crippen LogP contribution in [-0.4, -0.2) is 22.1 Å². The Hall–Kier alpha value is -4.28. The zero-order chi connectivity index (χ0) is 38.8. The molecule has 282 valence electrons. The summed E-state index contributed by atoms with van der Waals surface area (Å²) in [7, 11) is 0. The van der Waals surface area contributed by atoms with E-state index in [1.807, 2.05) is 60.7 Å². The van der Waals surface area contributed by atoms with E-state index in [0.717, 1.165) is 33.9 Å². The van der Waals surface area contributed by atoms with Crippen molar-refractivity contribution in [3.8, 4) is 0 Å². The molecule has 6 aromatic rings. The van der Waals surface area contributed by atoms with Gasteiger partial charge in [-0.3, -0.25) is 9.97 Å². The van der Waals surface area contributed by atoms with Crippen LogP contribution in [0.15, 0.2) is 146 Å². The molecule has 4 aromatic carbocycles. The maximum Gasteiger partial charge on any atom is 4.00 e. The van der Waals surface area contributed by atoms with Gasteiger partial charge in [-0.2, -0.15) is 49.2 Å². The Balaban J connectivity index is 0.000000298. The molecular formula is C51H54N4Zr. The number of nitrogens with zero attached hydrogens (tertiary/aromatic N) is 4. The summed E-state index contributed by atoms with van der Waals surface area (Å²) in [5, 5.41) is 11.0. The molecule has 4 nitrogen and oxygen atoms in total. The molecule has 56 heavy (non-hydrogen) atoms. The molecule has 0 aliphatic heterocycles. The van der Waals surface area contributed by atoms with Crippen molar-refractivity contribution < 1.29 is 26.2 Å². The zero-order valence-corrected chi connectivity index (χ0v) is 36.2. The molecule has 0 radical (unpaired) electrons. The first-order valence-electron chi connectivity index (χ1n) is 19.6. The summed E-state index contributed by atoms with van der Waals surface area (Å²) in [6.45, 7) is 22.0. The number of rotatable bonds is 6. The number of aromatic nitrogens is 2. The van der Waals surface area contributed by atoms with Gasteiger partial charge in [0.15, 0.2) is 0 Å². The average Bonchev–Trinajstić information content (AvgIpc) is 3.37. The van der Waals surface area contributed by atoms with E-state index in [0.29, 0.717) is 24.9 Å². The molecular weight excluding hydrogens is 760 g/mol. The first kappa shape index (κ1) is 41.4. The number of hydrogen-bond donors (Lipinski definition) is 0. The molecule has 0 N–H and O–H groups in total. The number of benzene rings is 4. The summed E-state index contributed by atoms with van der Waals surface area (Å²) in [5.74, 6) is 0.680. The molecule has 2 aromatic heterocycles. The summed E-state index contributed by atoms with van der Waals surface area (Å²) in [6.07, 6.45) is 0. The van der Waals surface area contributed by atoms with Crippen LogP contribution in [0.25, 0.3) is 10.6 Å². The molecule has 0 saturated heterocycles. The van der Waals surface area contributed by atoms with Gasteiger partial charge in [-0.05, 0) is 58.4 Å². The summed E-state index contributed by atoms with van der Waals surface area (Å²) >= 11 is 0. The maximum atomic E-state index is 5.49. The van der Waals surface area contributed by atoms with Crippen molar-refractivity contribution >= 4 is 0 Å². The molecule has 1 fully saturated rings. The molecule has 2 unspecified atom stereocenters. The fraction of sp³-hybridized carbons (Fsp3) is 0.294. The van der Waals surface area contributed by atoms with Crippen LogP contribution >= 0.6 is 0 Å². The fourth-order valence-electron chi connectivity index (χ4n) is 8.69. The zero-order valence-electron chi connectivity index (χ0n) is 33.8. The van der Waals surface area contributed by atoms with Crippen LogP contribution in [0.2, 0.25) is 0 Å². The number of pyridine rings is 2. The Morgan fingerprint density at radius 3 is 1.18 bits per heavy atom. The second kappa shape index (κ2) is 17.1. The summed E-state index contributed by atoms with van der Waals surface area (Å²) in [6, 6.07) is 50.8. The van der Waals surface area contributed by atoms with Gasteiger partial charge in [-0.15, -0.1) is 49.4 Å². The van der Waals surface area contributed by atoms with Crippen LogP contribution in [0.1, 0.15) is 110 Å². The van der Waals surface area contributed by atoms with E-state index in [-0.39, 0.29) is 54.5 Å². The standard InChI is InChI=1S/C37H40N4.2C7H7.Zr/c1-35(2,3)29-19-11-13-23(40-29)21-38-33-31-25-15-7-9-17-27(25)37(31)28-18-10-8-16-26(28)32(37)34(33)39-22-24-14-12-20-30(41-24)36(4,5)6;2*1-7-5-3-2-4-6-7;/h7-20,31-34H,21-22H2,1-6H3;2*2-6H,1H2;/q-2;2*-1;+4/t31?,32?,33-,34-,37?;;;/m1.../s1. The molecule has 2 heterocycles. The Kier molecular flexibility index (Phi) is 12.6. The van der Waals surface area contributed by atoms with Gasteiger partial charge in [-0.1, -0.05) is 114 Å². The molecule has 1 saturated carbocycles. The molecule has 9 rings (SSSR count). The average molecular weight is 814 g/mol. The van der Waals surface area contributed by atoms with Crippen molar-refractivity contribution in [3.05, 3.63) is 226 Å². The summed E-state index contributed by atoms with van der Waals surface area (Å²) < 4.78 is 0. The van der Waals surface area contributed by atoms with E-state index in [2.05, 4.69) is 140 Å². The minimum atomic E-state index is 0. The van der Waals surface area contributed by atoms with Gasteiger partial charge in [0.25, 0.3) is 0 Å². The van der Waals surface area contributed by atoms with E-state index in [9.17, 15) is 0 Å². The van der Waals surface area contributed by atoms with Gasteiger partial charge in [0.2, 0.25) is 0 Å². The van der Waals surface area contributed by atoms with Gasteiger partial charge in [0.05, 0.1) is 0 Å². The van der Waals surface area contributed by atoms with E-state index in [4.69, 9.17) is 20.6 Å². The Morgan fingerprint density at radius 1 is 0.482 bits per heavy atom. The van der Waals surface area contributed by atoms with Crippen molar-refractivity contribution in [1.82, 2.24) is 9.97 Å². The van der Waals surface area contributed by atoms with Crippen molar-refractivity contribution in [2.45, 2.75) is 94.8 Å². The molecule has 4 atom stereocenters. The third kappa shape index (κ3) is 8.24. The van der Waals surface area contributed by atoms with Crippen LogP contribution in [0.5, 0.6) is 0 Å². The van der Waals surface area contributed by atoms with Crippen molar-refractivity contribution in [1.29, 1.82) is 0 Å². The second-order valence-electron chi connectivity index (χ2n) is 17.2. The Labute approximate surface area is 355 Å². The second-order valence-corrected chi connectivity index (χ2v) is 17.2. The van der Waals surface area contributed by atoms with Crippen LogP contribution in [-0.2, 0) is 55.5 Å². The summed E-state index contributed by atoms with van der Waals surface area (Å²) in [5.41, 5.74) is 12.3. The van der Waals surface area contributed by atoms with Crippen LogP contribution < -0.4 is 0 Å². The molecule has 5 heteroatoms. The smallest absolute Gasteiger partial charge is 0.655 e. The minimum absolute atomic E-state index is 0. The monoisotopic (exact) mass is 812 g/mol. The fourth-order valence-corrected chi connectivity index (χ4v) is 8.69. The molecule has 0 bridgehead atoms. The van der Waals surface area contributed by atoms with Gasteiger partial charge >= 0.3 is 26.2 Å². The first-order chi connectivity index (χ1) is 26.4. The van der Waals surface area contributed by atoms with E-state index < -0.39 is 0 Å². The SMILES string of the molecule is CC(C)(C)c1cccc(C[N-][C@@H]2C3c4ccccc4C34c3ccccc3C4[C@H]2[N-]Cc2cccc(C(C)(C)C)n2)n1.[CH2-]c1ccccc1.[CH2-]c1ccccc1.[Zr+4]. The van der Waals surface area contributed by atoms with Crippen molar-refractivity contribution in [2.75, 3.05) is 0 Å². The molecule has 1 spiro atoms. The quantitative estimate of drug-likeness (QED) is 0.157. The largest absolute Gasteiger partial charge is 4.00 e. The number of fused-ring (bicyclic) bond motifs is 4. The van der Waals surface area contributed by atoms with Crippen LogP contribution in [0.4, 0.5) is 0 Å². The van der Waals surface area contributed by atoms with E-state index in [1.165, 1.54) is 22.3 Å². The molecule has 3 aliphatic carbocycles. The van der Waals surface area contributed by atoms with Gasteiger partial charge in [-0.25, -0.2) is 0 Å². The predicted molar refractivity (Wildman–Crippen MR) is 229 cm³/mol. The van der Waals surface area contributed by atoms with Gasteiger partial charge in [0.1, 0.15) is 0 Å². The number of hydrogen-bond acceptors (Lipinski definition) is 2.